The molecule has 0 aliphatic carbocycles. The molecule has 0 bridgehead atoms. The normalized spacial score (nSPS) is 10.2. The van der Waals surface area contributed by atoms with Crippen molar-refractivity contribution in [1.29, 1.82) is 0 Å². The van der Waals surface area contributed by atoms with Gasteiger partial charge >= 0.3 is 23.6 Å². The van der Waals surface area contributed by atoms with Gasteiger partial charge in [-0.25, -0.2) is 19.6 Å². The monoisotopic (exact) mass is 716 g/mol. The quantitative estimate of drug-likeness (QED) is 0.106. The molecule has 19 heteroatoms. The molecule has 0 fully saturated rings. The number of rotatable bonds is 12. The molecule has 0 saturated carbocycles. The van der Waals surface area contributed by atoms with E-state index in [-0.39, 0.29) is 49.2 Å². The predicted molar refractivity (Wildman–Crippen MR) is 190 cm³/mol. The van der Waals surface area contributed by atoms with Crippen LogP contribution in [0.15, 0.2) is 55.4 Å². The molecule has 0 aromatic carbocycles. The van der Waals surface area contributed by atoms with Crippen LogP contribution in [-0.4, -0.2) is 61.5 Å². The van der Waals surface area contributed by atoms with E-state index >= 15 is 0 Å². The molecular weight excluding hydrogens is 680 g/mol. The van der Waals surface area contributed by atoms with Crippen LogP contribution in [0.2, 0.25) is 0 Å². The Bertz CT molecular complexity index is 1810. The van der Waals surface area contributed by atoms with Gasteiger partial charge in [0, 0.05) is 23.8 Å². The summed E-state index contributed by atoms with van der Waals surface area (Å²) in [5.41, 5.74) is 13.1. The summed E-state index contributed by atoms with van der Waals surface area (Å²) in [4.78, 5) is 75.5. The lowest BCUT2D eigenvalue weighted by Crippen LogP contribution is -2.32. The molecule has 2 amide bonds. The first kappa shape index (κ1) is 39.4. The van der Waals surface area contributed by atoms with E-state index in [4.69, 9.17) is 20.9 Å². The van der Waals surface area contributed by atoms with Crippen molar-refractivity contribution >= 4 is 58.9 Å². The number of pyridine rings is 4. The third kappa shape index (κ3) is 10.00. The van der Waals surface area contributed by atoms with Gasteiger partial charge in [0.2, 0.25) is 11.6 Å². The Morgan fingerprint density at radius 2 is 1.19 bits per heavy atom. The number of amides is 2. The van der Waals surface area contributed by atoms with Gasteiger partial charge in [-0.05, 0) is 69.2 Å². The van der Waals surface area contributed by atoms with E-state index in [0.29, 0.717) is 23.1 Å². The van der Waals surface area contributed by atoms with Crippen LogP contribution in [0.1, 0.15) is 52.5 Å². The van der Waals surface area contributed by atoms with Gasteiger partial charge < -0.3 is 20.9 Å². The van der Waals surface area contributed by atoms with Gasteiger partial charge in [0.15, 0.2) is 6.29 Å². The summed E-state index contributed by atoms with van der Waals surface area (Å²) in [7, 11) is 0. The van der Waals surface area contributed by atoms with Gasteiger partial charge in [-0.15, -0.1) is 0 Å². The molecule has 52 heavy (non-hydrogen) atoms. The van der Waals surface area contributed by atoms with Crippen LogP contribution in [0.4, 0.5) is 44.0 Å². The fourth-order valence-electron chi connectivity index (χ4n) is 4.53. The number of aromatic nitrogens is 4. The molecule has 4 aromatic heterocycles. The number of hydrogen-bond acceptors (Lipinski definition) is 15. The van der Waals surface area contributed by atoms with Crippen molar-refractivity contribution in [2.75, 3.05) is 34.5 Å². The Labute approximate surface area is 297 Å². The molecule has 4 heterocycles. The van der Waals surface area contributed by atoms with Crippen LogP contribution < -0.4 is 21.3 Å². The molecule has 0 aliphatic rings. The maximum Gasteiger partial charge on any atom is 0.414 e. The largest absolute Gasteiger partial charge is 0.449 e. The van der Waals surface area contributed by atoms with Gasteiger partial charge in [0.1, 0.15) is 17.1 Å². The predicted octanol–water partition coefficient (Wildman–Crippen LogP) is 5.33. The minimum Gasteiger partial charge on any atom is -0.449 e. The fourth-order valence-corrected chi connectivity index (χ4v) is 4.53. The van der Waals surface area contributed by atoms with E-state index in [1.807, 2.05) is 6.92 Å². The van der Waals surface area contributed by atoms with E-state index < -0.39 is 39.2 Å². The molecule has 0 saturated heterocycles. The molecule has 4 N–H and O–H groups in total. The number of carbonyl (C=O) groups is 3. The Balaban J connectivity index is 0.000000280. The Hall–Kier alpha value is -7.05. The van der Waals surface area contributed by atoms with Crippen molar-refractivity contribution in [3.8, 4) is 0 Å². The number of carbonyl (C=O) groups excluding carboxylic acids is 3. The van der Waals surface area contributed by atoms with E-state index in [1.54, 1.807) is 57.4 Å². The third-order valence-electron chi connectivity index (χ3n) is 6.92. The van der Waals surface area contributed by atoms with Crippen LogP contribution in [0.5, 0.6) is 0 Å². The van der Waals surface area contributed by atoms with E-state index in [2.05, 4.69) is 26.5 Å². The fraction of sp³-hybridized carbons (Fsp3) is 0.242. The number of nitrogen functional groups attached to an aromatic ring is 2. The van der Waals surface area contributed by atoms with Gasteiger partial charge in [0.05, 0.1) is 41.8 Å². The number of nitrogens with two attached hydrogens (primary N) is 2. The Morgan fingerprint density at radius 3 is 1.52 bits per heavy atom. The number of nitrogens with zero attached hydrogens (tertiary/aromatic N) is 8. The van der Waals surface area contributed by atoms with Crippen LogP contribution in [0, 0.1) is 34.1 Å². The van der Waals surface area contributed by atoms with Crippen molar-refractivity contribution in [2.24, 2.45) is 0 Å². The first-order valence-electron chi connectivity index (χ1n) is 15.4. The second-order valence-corrected chi connectivity index (χ2v) is 10.6. The van der Waals surface area contributed by atoms with Crippen molar-refractivity contribution in [3.63, 3.8) is 0 Å². The third-order valence-corrected chi connectivity index (χ3v) is 6.92. The van der Waals surface area contributed by atoms with Gasteiger partial charge in [-0.1, -0.05) is 18.7 Å². The molecule has 19 nitrogen and oxygen atoms in total. The maximum atomic E-state index is 12.5. The van der Waals surface area contributed by atoms with Gasteiger partial charge in [-0.2, -0.15) is 0 Å². The zero-order valence-electron chi connectivity index (χ0n) is 28.7. The van der Waals surface area contributed by atoms with Crippen LogP contribution in [0.25, 0.3) is 6.08 Å². The highest BCUT2D eigenvalue weighted by Crippen LogP contribution is 2.36. The maximum absolute atomic E-state index is 12.5. The molecular formula is C33H36N10O9. The molecule has 0 spiro atoms. The Kier molecular flexibility index (Phi) is 13.7. The molecule has 272 valence electrons. The summed E-state index contributed by atoms with van der Waals surface area (Å²) in [6.07, 6.45) is 3.35. The topological polar surface area (TPSA) is 266 Å². The number of aldehydes is 1. The highest BCUT2D eigenvalue weighted by Gasteiger charge is 2.31. The lowest BCUT2D eigenvalue weighted by Gasteiger charge is -2.22. The molecule has 0 atom stereocenters. The van der Waals surface area contributed by atoms with Gasteiger partial charge in [-0.3, -0.25) is 44.8 Å². The highest BCUT2D eigenvalue weighted by molar-refractivity contribution is 5.94. The zero-order valence-corrected chi connectivity index (χ0v) is 28.7. The summed E-state index contributed by atoms with van der Waals surface area (Å²) in [6.45, 7) is 10.6. The summed E-state index contributed by atoms with van der Waals surface area (Å²) in [5, 5.41) is 22.9. The number of nitro groups is 2. The average molecular weight is 717 g/mol. The minimum absolute atomic E-state index is 0.0172. The van der Waals surface area contributed by atoms with Crippen LogP contribution in [0.3, 0.4) is 0 Å². The summed E-state index contributed by atoms with van der Waals surface area (Å²) >= 11 is 0. The van der Waals surface area contributed by atoms with Crippen molar-refractivity contribution in [2.45, 2.75) is 40.8 Å². The second kappa shape index (κ2) is 18.1. The number of hydrogen-bond donors (Lipinski definition) is 2. The van der Waals surface area contributed by atoms with Crippen LogP contribution >= 0.6 is 0 Å². The summed E-state index contributed by atoms with van der Waals surface area (Å²) in [6, 6.07) is 9.53. The second-order valence-electron chi connectivity index (χ2n) is 10.6. The molecule has 0 unspecified atom stereocenters. The first-order chi connectivity index (χ1) is 24.7. The smallest absolute Gasteiger partial charge is 0.414 e. The molecule has 4 aromatic rings. The molecule has 4 rings (SSSR count). The van der Waals surface area contributed by atoms with E-state index in [1.165, 1.54) is 12.1 Å². The SMILES string of the molecule is C=Cc1cc(N(Cc2ccc(C)nc2)C(=O)OCC)c([N+](=O)[O-])c(N)n1.CCOC(=O)N(Cc1ccc(C)nc1)c1cc(C=O)nc(N)c1[N+](=O)[O-]. The van der Waals surface area contributed by atoms with Crippen LogP contribution in [-0.2, 0) is 22.6 Å². The molecule has 0 radical (unpaired) electrons. The number of aryl methyl sites for hydroxylation is 2. The standard InChI is InChI=1S/C17H19N5O4.C16H17N5O5/c1-4-13-8-14(15(22(24)25)16(18)20-13)21(17(23)26-5-2)10-12-7-6-11(3)19-9-12;1-3-26-16(23)20(8-11-5-4-10(2)18-7-11)13-6-12(9-22)19-15(17)14(13)21(24)25/h4,6-9H,1,5,10H2,2-3H3,(H2,18,20);4-7,9H,3,8H2,1-2H3,(H2,17,19). The van der Waals surface area contributed by atoms with Crippen molar-refractivity contribution in [1.82, 2.24) is 19.9 Å². The van der Waals surface area contributed by atoms with E-state index in [0.717, 1.165) is 27.3 Å². The highest BCUT2D eigenvalue weighted by atomic mass is 16.6. The van der Waals surface area contributed by atoms with Gasteiger partial charge in [0.25, 0.3) is 0 Å². The van der Waals surface area contributed by atoms with E-state index in [9.17, 15) is 34.6 Å². The summed E-state index contributed by atoms with van der Waals surface area (Å²) in [5.74, 6) is -0.773. The average Bonchev–Trinajstić information content (AvgIpc) is 3.10. The first-order valence-corrected chi connectivity index (χ1v) is 15.4. The van der Waals surface area contributed by atoms with Crippen molar-refractivity contribution < 1.29 is 33.7 Å². The Morgan fingerprint density at radius 1 is 0.788 bits per heavy atom. The minimum atomic E-state index is -0.821. The lowest BCUT2D eigenvalue weighted by atomic mass is 10.2. The number of anilines is 4. The number of ether oxygens (including phenoxy) is 2. The lowest BCUT2D eigenvalue weighted by molar-refractivity contribution is -0.383. The molecule has 0 aliphatic heterocycles. The van der Waals surface area contributed by atoms with Crippen molar-refractivity contribution in [3.05, 3.63) is 110 Å². The zero-order chi connectivity index (χ0) is 38.5. The summed E-state index contributed by atoms with van der Waals surface area (Å²) < 4.78 is 10.1.